The van der Waals surface area contributed by atoms with Crippen LogP contribution in [0.5, 0.6) is 0 Å². The molecule has 0 spiro atoms. The van der Waals surface area contributed by atoms with E-state index in [-0.39, 0.29) is 5.69 Å². The molecule has 1 aromatic heterocycles. The van der Waals surface area contributed by atoms with E-state index in [4.69, 9.17) is 5.73 Å². The molecule has 0 aliphatic rings. The molecule has 0 aliphatic heterocycles. The molecule has 0 aromatic carbocycles. The Morgan fingerprint density at radius 1 is 1.90 bits per heavy atom. The Morgan fingerprint density at radius 2 is 2.50 bits per heavy atom. The third kappa shape index (κ3) is 1.18. The molecule has 0 aliphatic carbocycles. The molecule has 0 unspecified atom stereocenters. The van der Waals surface area contributed by atoms with Gasteiger partial charge in [0.2, 0.25) is 0 Å². The zero-order valence-corrected chi connectivity index (χ0v) is 6.92. The lowest BCUT2D eigenvalue weighted by molar-refractivity contribution is 0.0994. The second kappa shape index (κ2) is 2.42. The SMILES string of the molecule is Cn1cc(Br)c(C(N)=O)n1. The molecule has 0 fully saturated rings. The predicted molar refractivity (Wildman–Crippen MR) is 39.4 cm³/mol. The van der Waals surface area contributed by atoms with E-state index < -0.39 is 5.91 Å². The quantitative estimate of drug-likeness (QED) is 0.714. The van der Waals surface area contributed by atoms with Crippen molar-refractivity contribution in [2.24, 2.45) is 12.8 Å². The number of hydrogen-bond donors (Lipinski definition) is 1. The van der Waals surface area contributed by atoms with Crippen molar-refractivity contribution in [3.8, 4) is 0 Å². The monoisotopic (exact) mass is 203 g/mol. The maximum atomic E-state index is 10.6. The fourth-order valence-corrected chi connectivity index (χ4v) is 1.20. The molecule has 0 radical (unpaired) electrons. The fourth-order valence-electron chi connectivity index (χ4n) is 0.627. The standard InChI is InChI=1S/C5H6BrN3O/c1-9-2-3(6)4(8-9)5(7)10/h2H,1H3,(H2,7,10). The molecule has 0 saturated heterocycles. The summed E-state index contributed by atoms with van der Waals surface area (Å²) in [6.07, 6.45) is 1.67. The summed E-state index contributed by atoms with van der Waals surface area (Å²) >= 11 is 3.13. The number of rotatable bonds is 1. The highest BCUT2D eigenvalue weighted by Gasteiger charge is 2.09. The Morgan fingerprint density at radius 3 is 2.70 bits per heavy atom. The minimum absolute atomic E-state index is 0.266. The van der Waals surface area contributed by atoms with Gasteiger partial charge >= 0.3 is 0 Å². The van der Waals surface area contributed by atoms with Gasteiger partial charge in [0.25, 0.3) is 5.91 Å². The van der Waals surface area contributed by atoms with Crippen LogP contribution >= 0.6 is 15.9 Å². The summed E-state index contributed by atoms with van der Waals surface area (Å²) in [5, 5.41) is 3.80. The number of carbonyl (C=O) groups is 1. The fraction of sp³-hybridized carbons (Fsp3) is 0.200. The summed E-state index contributed by atoms with van der Waals surface area (Å²) in [4.78, 5) is 10.6. The van der Waals surface area contributed by atoms with E-state index in [1.807, 2.05) is 0 Å². The Balaban J connectivity index is 3.15. The molecule has 0 bridgehead atoms. The van der Waals surface area contributed by atoms with Crippen molar-refractivity contribution in [1.82, 2.24) is 9.78 Å². The van der Waals surface area contributed by atoms with Crippen LogP contribution in [0.15, 0.2) is 10.7 Å². The molecule has 1 amide bonds. The maximum Gasteiger partial charge on any atom is 0.270 e. The molecule has 1 heterocycles. The molecule has 54 valence electrons. The van der Waals surface area contributed by atoms with Crippen molar-refractivity contribution in [3.63, 3.8) is 0 Å². The van der Waals surface area contributed by atoms with Crippen LogP contribution in [0.2, 0.25) is 0 Å². The van der Waals surface area contributed by atoms with Crippen LogP contribution < -0.4 is 5.73 Å². The third-order valence-electron chi connectivity index (χ3n) is 1.02. The van der Waals surface area contributed by atoms with E-state index in [1.165, 1.54) is 4.68 Å². The first-order valence-corrected chi connectivity index (χ1v) is 3.39. The Kier molecular flexibility index (Phi) is 1.76. The molecule has 10 heavy (non-hydrogen) atoms. The summed E-state index contributed by atoms with van der Waals surface area (Å²) in [6.45, 7) is 0. The molecule has 2 N–H and O–H groups in total. The van der Waals surface area contributed by atoms with Gasteiger partial charge in [-0.2, -0.15) is 5.10 Å². The van der Waals surface area contributed by atoms with E-state index in [1.54, 1.807) is 13.2 Å². The van der Waals surface area contributed by atoms with Crippen LogP contribution in [0.3, 0.4) is 0 Å². The Bertz CT molecular complexity index is 268. The summed E-state index contributed by atoms with van der Waals surface area (Å²) in [6, 6.07) is 0. The van der Waals surface area contributed by atoms with Crippen molar-refractivity contribution >= 4 is 21.8 Å². The number of nitrogens with zero attached hydrogens (tertiary/aromatic N) is 2. The summed E-state index contributed by atoms with van der Waals surface area (Å²) in [5.41, 5.74) is 5.25. The number of primary amides is 1. The highest BCUT2D eigenvalue weighted by molar-refractivity contribution is 9.10. The van der Waals surface area contributed by atoms with Crippen LogP contribution in [0.25, 0.3) is 0 Å². The summed E-state index contributed by atoms with van der Waals surface area (Å²) < 4.78 is 2.15. The van der Waals surface area contributed by atoms with Gasteiger partial charge in [0.15, 0.2) is 5.69 Å². The van der Waals surface area contributed by atoms with E-state index in [0.717, 1.165) is 0 Å². The molecular formula is C5H6BrN3O. The second-order valence-corrected chi connectivity index (χ2v) is 2.72. The topological polar surface area (TPSA) is 60.9 Å². The highest BCUT2D eigenvalue weighted by Crippen LogP contribution is 2.12. The minimum atomic E-state index is -0.521. The lowest BCUT2D eigenvalue weighted by Gasteiger charge is -1.85. The van der Waals surface area contributed by atoms with Crippen molar-refractivity contribution in [2.75, 3.05) is 0 Å². The first kappa shape index (κ1) is 7.27. The number of aromatic nitrogens is 2. The van der Waals surface area contributed by atoms with Crippen molar-refractivity contribution in [1.29, 1.82) is 0 Å². The van der Waals surface area contributed by atoms with E-state index in [0.29, 0.717) is 4.47 Å². The molecular weight excluding hydrogens is 198 g/mol. The molecule has 0 atom stereocenters. The maximum absolute atomic E-state index is 10.6. The van der Waals surface area contributed by atoms with Gasteiger partial charge in [-0.3, -0.25) is 9.48 Å². The number of aryl methyl sites for hydroxylation is 1. The smallest absolute Gasteiger partial charge is 0.270 e. The number of amides is 1. The highest BCUT2D eigenvalue weighted by atomic mass is 79.9. The van der Waals surface area contributed by atoms with Crippen LogP contribution in [-0.4, -0.2) is 15.7 Å². The number of halogens is 1. The Labute approximate surface area is 66.1 Å². The number of nitrogens with two attached hydrogens (primary N) is 1. The molecule has 4 nitrogen and oxygen atoms in total. The Hall–Kier alpha value is -0.840. The van der Waals surface area contributed by atoms with Gasteiger partial charge in [0, 0.05) is 13.2 Å². The van der Waals surface area contributed by atoms with Crippen molar-refractivity contribution in [3.05, 3.63) is 16.4 Å². The zero-order chi connectivity index (χ0) is 7.72. The molecule has 5 heteroatoms. The van der Waals surface area contributed by atoms with Crippen LogP contribution in [0.1, 0.15) is 10.5 Å². The van der Waals surface area contributed by atoms with Crippen molar-refractivity contribution in [2.45, 2.75) is 0 Å². The van der Waals surface area contributed by atoms with E-state index >= 15 is 0 Å². The van der Waals surface area contributed by atoms with Crippen LogP contribution in [-0.2, 0) is 7.05 Å². The van der Waals surface area contributed by atoms with E-state index in [2.05, 4.69) is 21.0 Å². The summed E-state index contributed by atoms with van der Waals surface area (Å²) in [7, 11) is 1.72. The van der Waals surface area contributed by atoms with Crippen LogP contribution in [0, 0.1) is 0 Å². The number of carbonyl (C=O) groups excluding carboxylic acids is 1. The first-order chi connectivity index (χ1) is 4.61. The lowest BCUT2D eigenvalue weighted by Crippen LogP contribution is -2.12. The normalized spacial score (nSPS) is 9.80. The van der Waals surface area contributed by atoms with Gasteiger partial charge in [-0.05, 0) is 15.9 Å². The van der Waals surface area contributed by atoms with Gasteiger partial charge in [0.05, 0.1) is 4.47 Å². The van der Waals surface area contributed by atoms with Gasteiger partial charge in [-0.1, -0.05) is 0 Å². The lowest BCUT2D eigenvalue weighted by atomic mass is 10.4. The molecule has 1 aromatic rings. The second-order valence-electron chi connectivity index (χ2n) is 1.86. The average Bonchev–Trinajstić information content (AvgIpc) is 2.10. The van der Waals surface area contributed by atoms with Gasteiger partial charge in [0.1, 0.15) is 0 Å². The number of hydrogen-bond acceptors (Lipinski definition) is 2. The minimum Gasteiger partial charge on any atom is -0.364 e. The third-order valence-corrected chi connectivity index (χ3v) is 1.60. The van der Waals surface area contributed by atoms with Crippen molar-refractivity contribution < 1.29 is 4.79 Å². The largest absolute Gasteiger partial charge is 0.364 e. The zero-order valence-electron chi connectivity index (χ0n) is 5.34. The van der Waals surface area contributed by atoms with Gasteiger partial charge in [-0.25, -0.2) is 0 Å². The van der Waals surface area contributed by atoms with E-state index in [9.17, 15) is 4.79 Å². The van der Waals surface area contributed by atoms with Gasteiger partial charge in [-0.15, -0.1) is 0 Å². The average molecular weight is 204 g/mol. The first-order valence-electron chi connectivity index (χ1n) is 2.60. The molecule has 1 rings (SSSR count). The molecule has 0 saturated carbocycles. The predicted octanol–water partition coefficient (Wildman–Crippen LogP) is 0.282. The van der Waals surface area contributed by atoms with Gasteiger partial charge < -0.3 is 5.73 Å². The van der Waals surface area contributed by atoms with Crippen LogP contribution in [0.4, 0.5) is 0 Å². The summed E-state index contributed by atoms with van der Waals surface area (Å²) in [5.74, 6) is -0.521.